The van der Waals surface area contributed by atoms with E-state index in [1.54, 1.807) is 0 Å². The van der Waals surface area contributed by atoms with Gasteiger partial charge in [-0.2, -0.15) is 0 Å². The van der Waals surface area contributed by atoms with Gasteiger partial charge in [0, 0.05) is 6.08 Å². The van der Waals surface area contributed by atoms with Gasteiger partial charge in [0.15, 0.2) is 0 Å². The number of alkyl halides is 1. The van der Waals surface area contributed by atoms with Crippen LogP contribution in [0.25, 0.3) is 0 Å². The molecule has 0 aromatic carbocycles. The fourth-order valence-corrected chi connectivity index (χ4v) is 0.328. The molecule has 0 aliphatic rings. The van der Waals surface area contributed by atoms with Crippen molar-refractivity contribution in [3.8, 4) is 0 Å². The van der Waals surface area contributed by atoms with Crippen LogP contribution in [0.2, 0.25) is 0 Å². The van der Waals surface area contributed by atoms with Crippen molar-refractivity contribution < 1.29 is 19.1 Å². The van der Waals surface area contributed by atoms with Gasteiger partial charge < -0.3 is 9.47 Å². The van der Waals surface area contributed by atoms with Crippen molar-refractivity contribution in [1.82, 2.24) is 0 Å². The molecule has 0 saturated heterocycles. The number of hydrogen-bond acceptors (Lipinski definition) is 4. The monoisotopic (exact) mass is 178 g/mol. The second kappa shape index (κ2) is 5.73. The Morgan fingerprint density at radius 2 is 2.09 bits per heavy atom. The van der Waals surface area contributed by atoms with Crippen LogP contribution in [0, 0.1) is 0 Å². The zero-order chi connectivity index (χ0) is 8.69. The Bertz CT molecular complexity index is 166. The molecule has 0 rings (SSSR count). The number of esters is 2. The molecule has 0 heterocycles. The first-order valence-electron chi connectivity index (χ1n) is 2.71. The first kappa shape index (κ1) is 9.97. The molecule has 0 atom stereocenters. The van der Waals surface area contributed by atoms with Crippen molar-refractivity contribution in [2.45, 2.75) is 0 Å². The summed E-state index contributed by atoms with van der Waals surface area (Å²) >= 11 is 5.07. The van der Waals surface area contributed by atoms with Crippen molar-refractivity contribution >= 4 is 23.5 Å². The fraction of sp³-hybridized carbons (Fsp3) is 0.333. The summed E-state index contributed by atoms with van der Waals surface area (Å²) in [5.41, 5.74) is 0. The third-order valence-corrected chi connectivity index (χ3v) is 0.915. The highest BCUT2D eigenvalue weighted by Gasteiger charge is 2.00. The predicted octanol–water partition coefficient (Wildman–Crippen LogP) is 0.455. The Labute approximate surface area is 68.7 Å². The van der Waals surface area contributed by atoms with Crippen molar-refractivity contribution in [1.29, 1.82) is 0 Å². The minimum Gasteiger partial charge on any atom is -0.427 e. The van der Waals surface area contributed by atoms with Gasteiger partial charge in [-0.25, -0.2) is 4.79 Å². The molecule has 0 bridgehead atoms. The first-order valence-corrected chi connectivity index (χ1v) is 3.25. The van der Waals surface area contributed by atoms with Crippen LogP contribution in [0.4, 0.5) is 0 Å². The van der Waals surface area contributed by atoms with Crippen molar-refractivity contribution in [2.75, 3.05) is 12.7 Å². The van der Waals surface area contributed by atoms with Gasteiger partial charge in [-0.3, -0.25) is 4.79 Å². The van der Waals surface area contributed by atoms with Gasteiger partial charge in [0.2, 0.25) is 6.79 Å². The van der Waals surface area contributed by atoms with Gasteiger partial charge in [0.1, 0.15) is 5.88 Å². The summed E-state index contributed by atoms with van der Waals surface area (Å²) in [6.45, 7) is 2.72. The van der Waals surface area contributed by atoms with Crippen LogP contribution in [0.1, 0.15) is 0 Å². The summed E-state index contributed by atoms with van der Waals surface area (Å²) in [5.74, 6) is -1.54. The lowest BCUT2D eigenvalue weighted by Crippen LogP contribution is -2.11. The molecule has 4 nitrogen and oxygen atoms in total. The summed E-state index contributed by atoms with van der Waals surface area (Å²) < 4.78 is 8.61. The van der Waals surface area contributed by atoms with Gasteiger partial charge >= 0.3 is 11.9 Å². The zero-order valence-electron chi connectivity index (χ0n) is 5.71. The maximum absolute atomic E-state index is 10.3. The average molecular weight is 179 g/mol. The second-order valence-corrected chi connectivity index (χ2v) is 1.70. The van der Waals surface area contributed by atoms with E-state index in [-0.39, 0.29) is 5.88 Å². The molecule has 62 valence electrons. The van der Waals surface area contributed by atoms with Gasteiger partial charge in [-0.1, -0.05) is 6.58 Å². The van der Waals surface area contributed by atoms with E-state index in [0.717, 1.165) is 6.08 Å². The molecule has 0 fully saturated rings. The molecule has 0 radical (unpaired) electrons. The molecule has 0 aromatic heterocycles. The van der Waals surface area contributed by atoms with E-state index in [4.69, 9.17) is 11.6 Å². The molecule has 5 heteroatoms. The number of halogens is 1. The summed E-state index contributed by atoms with van der Waals surface area (Å²) in [5, 5.41) is 0. The van der Waals surface area contributed by atoms with E-state index in [0.29, 0.717) is 0 Å². The van der Waals surface area contributed by atoms with Crippen LogP contribution < -0.4 is 0 Å². The fourth-order valence-electron chi connectivity index (χ4n) is 0.251. The Hall–Kier alpha value is -1.03. The lowest BCUT2D eigenvalue weighted by Gasteiger charge is -2.01. The van der Waals surface area contributed by atoms with E-state index >= 15 is 0 Å². The van der Waals surface area contributed by atoms with Gasteiger partial charge in [-0.05, 0) is 0 Å². The van der Waals surface area contributed by atoms with Crippen LogP contribution in [-0.2, 0) is 19.1 Å². The highest BCUT2D eigenvalue weighted by molar-refractivity contribution is 6.26. The largest absolute Gasteiger partial charge is 0.427 e. The third kappa shape index (κ3) is 5.42. The zero-order valence-corrected chi connectivity index (χ0v) is 6.47. The van der Waals surface area contributed by atoms with Gasteiger partial charge in [0.05, 0.1) is 0 Å². The van der Waals surface area contributed by atoms with E-state index in [2.05, 4.69) is 16.1 Å². The van der Waals surface area contributed by atoms with E-state index < -0.39 is 18.7 Å². The molecule has 0 aromatic rings. The Balaban J connectivity index is 3.34. The normalized spacial score (nSPS) is 8.45. The van der Waals surface area contributed by atoms with Crippen LogP contribution in [-0.4, -0.2) is 24.6 Å². The van der Waals surface area contributed by atoms with E-state index in [1.807, 2.05) is 0 Å². The maximum atomic E-state index is 10.3. The van der Waals surface area contributed by atoms with Crippen molar-refractivity contribution in [3.05, 3.63) is 12.7 Å². The molecule has 0 spiro atoms. The van der Waals surface area contributed by atoms with Crippen LogP contribution in [0.5, 0.6) is 0 Å². The Morgan fingerprint density at radius 1 is 1.45 bits per heavy atom. The third-order valence-electron chi connectivity index (χ3n) is 0.697. The van der Waals surface area contributed by atoms with E-state index in [1.165, 1.54) is 0 Å². The molecular weight excluding hydrogens is 172 g/mol. The Morgan fingerprint density at radius 3 is 2.55 bits per heavy atom. The number of hydrogen-bond donors (Lipinski definition) is 0. The number of carbonyl (C=O) groups excluding carboxylic acids is 2. The lowest BCUT2D eigenvalue weighted by molar-refractivity contribution is -0.161. The van der Waals surface area contributed by atoms with E-state index in [9.17, 15) is 9.59 Å². The topological polar surface area (TPSA) is 52.6 Å². The smallest absolute Gasteiger partial charge is 0.333 e. The molecule has 0 N–H and O–H groups in total. The molecule has 0 aliphatic heterocycles. The van der Waals surface area contributed by atoms with Crippen LogP contribution >= 0.6 is 11.6 Å². The summed E-state index contributed by atoms with van der Waals surface area (Å²) in [6, 6.07) is 0. The molecule has 0 amide bonds. The predicted molar refractivity (Wildman–Crippen MR) is 38.0 cm³/mol. The molecule has 11 heavy (non-hydrogen) atoms. The lowest BCUT2D eigenvalue weighted by atomic mass is 10.7. The minimum absolute atomic E-state index is 0.258. The quantitative estimate of drug-likeness (QED) is 0.272. The molecule has 0 aliphatic carbocycles. The summed E-state index contributed by atoms with van der Waals surface area (Å²) in [6.07, 6.45) is 0.967. The van der Waals surface area contributed by atoms with Gasteiger partial charge in [0.25, 0.3) is 0 Å². The summed E-state index contributed by atoms with van der Waals surface area (Å²) in [7, 11) is 0. The first-order chi connectivity index (χ1) is 5.20. The van der Waals surface area contributed by atoms with Crippen LogP contribution in [0.15, 0.2) is 12.7 Å². The maximum Gasteiger partial charge on any atom is 0.333 e. The number of ether oxygens (including phenoxy) is 2. The van der Waals surface area contributed by atoms with Crippen molar-refractivity contribution in [2.24, 2.45) is 0 Å². The number of carbonyl (C=O) groups is 2. The summed E-state index contributed by atoms with van der Waals surface area (Å²) in [4.78, 5) is 20.6. The minimum atomic E-state index is -0.646. The van der Waals surface area contributed by atoms with Crippen LogP contribution in [0.3, 0.4) is 0 Å². The second-order valence-electron chi connectivity index (χ2n) is 1.44. The van der Waals surface area contributed by atoms with Crippen molar-refractivity contribution in [3.63, 3.8) is 0 Å². The average Bonchev–Trinajstić information content (AvgIpc) is 2.04. The SMILES string of the molecule is C=CC(=O)OCOC(=O)CCl. The molecular formula is C6H7ClO4. The Kier molecular flexibility index (Phi) is 5.20. The van der Waals surface area contributed by atoms with Gasteiger partial charge in [-0.15, -0.1) is 11.6 Å². The highest BCUT2D eigenvalue weighted by atomic mass is 35.5. The standard InChI is InChI=1S/C6H7ClO4/c1-2-5(8)10-4-11-6(9)3-7/h2H,1,3-4H2. The number of rotatable bonds is 4. The molecule has 0 unspecified atom stereocenters. The highest BCUT2D eigenvalue weighted by Crippen LogP contribution is 1.85. The molecule has 0 saturated carbocycles.